The van der Waals surface area contributed by atoms with Crippen molar-refractivity contribution in [3.63, 3.8) is 0 Å². The number of aryl methyl sites for hydroxylation is 2. The van der Waals surface area contributed by atoms with Crippen molar-refractivity contribution >= 4 is 32.7 Å². The molecule has 2 heterocycles. The summed E-state index contributed by atoms with van der Waals surface area (Å²) in [4.78, 5) is 2.74. The highest BCUT2D eigenvalue weighted by Gasteiger charge is 2.22. The zero-order chi connectivity index (χ0) is 17.2. The normalized spacial score (nSPS) is 15.6. The molecule has 4 rings (SSSR count). The van der Waals surface area contributed by atoms with Crippen LogP contribution in [0.15, 0.2) is 0 Å². The number of nitriles is 2. The summed E-state index contributed by atoms with van der Waals surface area (Å²) in [6.07, 6.45) is 9.07. The maximum absolute atomic E-state index is 9.53. The molecule has 4 nitrogen and oxygen atoms in total. The van der Waals surface area contributed by atoms with Crippen LogP contribution >= 0.6 is 22.7 Å². The van der Waals surface area contributed by atoms with Crippen LogP contribution in [0.2, 0.25) is 0 Å². The Kier molecular flexibility index (Phi) is 4.65. The second-order valence-electron chi connectivity index (χ2n) is 6.58. The van der Waals surface area contributed by atoms with Crippen LogP contribution in [0.25, 0.3) is 0 Å². The van der Waals surface area contributed by atoms with Gasteiger partial charge in [-0.25, -0.2) is 0 Å². The van der Waals surface area contributed by atoms with E-state index >= 15 is 0 Å². The molecule has 0 radical (unpaired) electrons. The second kappa shape index (κ2) is 7.07. The average Bonchev–Trinajstić information content (AvgIpc) is 3.18. The Balaban J connectivity index is 1.49. The third-order valence-electron chi connectivity index (χ3n) is 5.06. The van der Waals surface area contributed by atoms with Gasteiger partial charge in [-0.1, -0.05) is 0 Å². The van der Waals surface area contributed by atoms with Crippen molar-refractivity contribution in [1.82, 2.24) is 0 Å². The molecule has 0 amide bonds. The first kappa shape index (κ1) is 16.4. The van der Waals surface area contributed by atoms with E-state index in [0.717, 1.165) is 46.8 Å². The number of hydrogen-bond acceptors (Lipinski definition) is 6. The van der Waals surface area contributed by atoms with Gasteiger partial charge in [-0.3, -0.25) is 0 Å². The molecule has 0 aliphatic heterocycles. The third-order valence-corrected chi connectivity index (χ3v) is 7.56. The van der Waals surface area contributed by atoms with Gasteiger partial charge in [-0.05, 0) is 62.5 Å². The molecular formula is C19H20N4S2. The van der Waals surface area contributed by atoms with Gasteiger partial charge in [0.25, 0.3) is 0 Å². The van der Waals surface area contributed by atoms with Gasteiger partial charge in [-0.15, -0.1) is 22.7 Å². The summed E-state index contributed by atoms with van der Waals surface area (Å²) in [5.74, 6) is 0. The lowest BCUT2D eigenvalue weighted by Gasteiger charge is -2.10. The molecule has 25 heavy (non-hydrogen) atoms. The lowest BCUT2D eigenvalue weighted by atomic mass is 9.96. The molecule has 0 saturated carbocycles. The van der Waals surface area contributed by atoms with Gasteiger partial charge in [0.1, 0.15) is 22.1 Å². The fourth-order valence-electron chi connectivity index (χ4n) is 3.82. The largest absolute Gasteiger partial charge is 0.359 e. The van der Waals surface area contributed by atoms with E-state index in [-0.39, 0.29) is 0 Å². The van der Waals surface area contributed by atoms with Gasteiger partial charge >= 0.3 is 0 Å². The van der Waals surface area contributed by atoms with Crippen molar-refractivity contribution in [3.05, 3.63) is 32.0 Å². The SMILES string of the molecule is N#Cc1c(NCNc2sc3c(c2C#N)CCCC3)sc2c1CCCC2. The topological polar surface area (TPSA) is 71.6 Å². The first-order valence-electron chi connectivity index (χ1n) is 8.89. The molecule has 0 atom stereocenters. The van der Waals surface area contributed by atoms with Crippen LogP contribution in [0, 0.1) is 22.7 Å². The molecule has 0 bridgehead atoms. The summed E-state index contributed by atoms with van der Waals surface area (Å²) in [7, 11) is 0. The predicted molar refractivity (Wildman–Crippen MR) is 103 cm³/mol. The van der Waals surface area contributed by atoms with Gasteiger partial charge in [0, 0.05) is 9.75 Å². The van der Waals surface area contributed by atoms with Crippen molar-refractivity contribution in [2.75, 3.05) is 17.3 Å². The van der Waals surface area contributed by atoms with Crippen LogP contribution in [0.4, 0.5) is 10.0 Å². The fourth-order valence-corrected chi connectivity index (χ4v) is 6.29. The monoisotopic (exact) mass is 368 g/mol. The van der Waals surface area contributed by atoms with Crippen molar-refractivity contribution in [3.8, 4) is 12.1 Å². The lowest BCUT2D eigenvalue weighted by molar-refractivity contribution is 0.696. The quantitative estimate of drug-likeness (QED) is 0.761. The van der Waals surface area contributed by atoms with E-state index in [0.29, 0.717) is 6.67 Å². The number of anilines is 2. The van der Waals surface area contributed by atoms with Crippen LogP contribution < -0.4 is 10.6 Å². The highest BCUT2D eigenvalue weighted by atomic mass is 32.1. The Bertz CT molecular complexity index is 807. The van der Waals surface area contributed by atoms with E-state index in [9.17, 15) is 10.5 Å². The number of hydrogen-bond donors (Lipinski definition) is 2. The Hall–Kier alpha value is -2.02. The molecule has 2 aliphatic rings. The van der Waals surface area contributed by atoms with Gasteiger partial charge in [0.15, 0.2) is 0 Å². The van der Waals surface area contributed by atoms with E-state index in [4.69, 9.17) is 0 Å². The van der Waals surface area contributed by atoms with Gasteiger partial charge in [0.05, 0.1) is 17.8 Å². The lowest BCUT2D eigenvalue weighted by Crippen LogP contribution is -2.11. The molecule has 0 spiro atoms. The molecule has 128 valence electrons. The molecule has 0 aromatic carbocycles. The van der Waals surface area contributed by atoms with Crippen LogP contribution in [0.1, 0.15) is 57.7 Å². The Morgan fingerprint density at radius 2 is 1.16 bits per heavy atom. The first-order chi connectivity index (χ1) is 12.3. The van der Waals surface area contributed by atoms with Crippen molar-refractivity contribution in [1.29, 1.82) is 10.5 Å². The molecule has 2 aliphatic carbocycles. The smallest absolute Gasteiger partial charge is 0.108 e. The molecule has 6 heteroatoms. The molecule has 0 unspecified atom stereocenters. The molecule has 2 aromatic heterocycles. The average molecular weight is 369 g/mol. The Morgan fingerprint density at radius 3 is 1.60 bits per heavy atom. The minimum Gasteiger partial charge on any atom is -0.359 e. The van der Waals surface area contributed by atoms with Crippen molar-refractivity contribution in [2.45, 2.75) is 51.4 Å². The van der Waals surface area contributed by atoms with Crippen molar-refractivity contribution < 1.29 is 0 Å². The van der Waals surface area contributed by atoms with Crippen LogP contribution in [0.3, 0.4) is 0 Å². The number of fused-ring (bicyclic) bond motifs is 2. The Morgan fingerprint density at radius 1 is 0.720 bits per heavy atom. The van der Waals surface area contributed by atoms with E-state index < -0.39 is 0 Å². The molecule has 2 aromatic rings. The standard InChI is InChI=1S/C19H20N4S2/c20-9-14-12-5-1-3-7-16(12)24-18(14)22-11-23-19-15(10-21)13-6-2-4-8-17(13)25-19/h22-23H,1-8,11H2. The summed E-state index contributed by atoms with van der Waals surface area (Å²) in [6, 6.07) is 4.77. The van der Waals surface area contributed by atoms with Gasteiger partial charge in [0.2, 0.25) is 0 Å². The number of thiophene rings is 2. The maximum Gasteiger partial charge on any atom is 0.108 e. The minimum absolute atomic E-state index is 0.544. The predicted octanol–water partition coefficient (Wildman–Crippen LogP) is 4.79. The number of nitrogens with zero attached hydrogens (tertiary/aromatic N) is 2. The number of nitrogens with one attached hydrogen (secondary N) is 2. The fraction of sp³-hybridized carbons (Fsp3) is 0.474. The first-order valence-corrected chi connectivity index (χ1v) is 10.5. The maximum atomic E-state index is 9.53. The molecule has 2 N–H and O–H groups in total. The van der Waals surface area contributed by atoms with Crippen molar-refractivity contribution in [2.24, 2.45) is 0 Å². The van der Waals surface area contributed by atoms with Gasteiger partial charge < -0.3 is 10.6 Å². The van der Waals surface area contributed by atoms with E-state index in [1.54, 1.807) is 22.7 Å². The van der Waals surface area contributed by atoms with Crippen LogP contribution in [0.5, 0.6) is 0 Å². The Labute approximate surface area is 156 Å². The third kappa shape index (κ3) is 3.01. The summed E-state index contributed by atoms with van der Waals surface area (Å²) in [5, 5.41) is 27.8. The molecular weight excluding hydrogens is 348 g/mol. The van der Waals surface area contributed by atoms with E-state index in [2.05, 4.69) is 22.8 Å². The summed E-state index contributed by atoms with van der Waals surface area (Å²) in [5.41, 5.74) is 4.16. The number of rotatable bonds is 4. The summed E-state index contributed by atoms with van der Waals surface area (Å²) in [6.45, 7) is 0.544. The van der Waals surface area contributed by atoms with Gasteiger partial charge in [-0.2, -0.15) is 10.5 Å². The van der Waals surface area contributed by atoms with Crippen LogP contribution in [-0.4, -0.2) is 6.67 Å². The molecule has 0 saturated heterocycles. The summed E-state index contributed by atoms with van der Waals surface area (Å²) < 4.78 is 0. The summed E-state index contributed by atoms with van der Waals surface area (Å²) >= 11 is 3.45. The zero-order valence-corrected chi connectivity index (χ0v) is 15.7. The highest BCUT2D eigenvalue weighted by molar-refractivity contribution is 7.17. The second-order valence-corrected chi connectivity index (χ2v) is 8.79. The minimum atomic E-state index is 0.544. The highest BCUT2D eigenvalue weighted by Crippen LogP contribution is 2.39. The zero-order valence-electron chi connectivity index (χ0n) is 14.1. The van der Waals surface area contributed by atoms with Crippen LogP contribution in [-0.2, 0) is 25.7 Å². The van der Waals surface area contributed by atoms with E-state index in [1.807, 2.05) is 0 Å². The van der Waals surface area contributed by atoms with E-state index in [1.165, 1.54) is 46.6 Å². The molecule has 0 fully saturated rings.